The maximum Gasteiger partial charge on any atom is 0.120 e. The maximum absolute atomic E-state index is 9.94. The molecule has 0 rings (SSSR count). The second-order valence-electron chi connectivity index (χ2n) is 2.31. The van der Waals surface area contributed by atoms with E-state index < -0.39 is 4.33 Å². The van der Waals surface area contributed by atoms with Crippen LogP contribution in [0.3, 0.4) is 0 Å². The molecule has 0 aliphatic rings. The van der Waals surface area contributed by atoms with Gasteiger partial charge in [0.1, 0.15) is 10.6 Å². The minimum atomic E-state index is -0.685. The molecule has 0 aromatic heterocycles. The molecule has 1 nitrogen and oxygen atoms in total. The molecule has 10 heavy (non-hydrogen) atoms. The van der Waals surface area contributed by atoms with Crippen molar-refractivity contribution in [2.45, 2.75) is 36.9 Å². The fourth-order valence-corrected chi connectivity index (χ4v) is 1.36. The number of alkyl halides is 2. The van der Waals surface area contributed by atoms with Gasteiger partial charge in [0.25, 0.3) is 0 Å². The third kappa shape index (κ3) is 5.07. The highest BCUT2D eigenvalue weighted by atomic mass is 35.5. The molecule has 0 N–H and O–H groups in total. The maximum atomic E-state index is 9.94. The lowest BCUT2D eigenvalue weighted by atomic mass is 10.1. The summed E-state index contributed by atoms with van der Waals surface area (Å²) in [5.74, 6) is 0. The van der Waals surface area contributed by atoms with Crippen molar-refractivity contribution in [3.8, 4) is 0 Å². The van der Waals surface area contributed by atoms with Crippen molar-refractivity contribution >= 4 is 29.5 Å². The first kappa shape index (κ1) is 10.2. The van der Waals surface area contributed by atoms with Crippen LogP contribution >= 0.6 is 23.2 Å². The number of rotatable bonds is 5. The normalized spacial score (nSPS) is 11.5. The highest BCUT2D eigenvalue weighted by molar-refractivity contribution is 6.48. The summed E-state index contributed by atoms with van der Waals surface area (Å²) in [6.07, 6.45) is 3.56. The van der Waals surface area contributed by atoms with Crippen LogP contribution in [0.5, 0.6) is 0 Å². The molecule has 0 unspecified atom stereocenters. The number of hydrogen-bond donors (Lipinski definition) is 0. The Morgan fingerprint density at radius 1 is 1.40 bits per heavy atom. The molecule has 0 saturated heterocycles. The van der Waals surface area contributed by atoms with E-state index in [9.17, 15) is 4.79 Å². The Morgan fingerprint density at radius 3 is 2.40 bits per heavy atom. The Kier molecular flexibility index (Phi) is 5.10. The lowest BCUT2D eigenvalue weighted by molar-refractivity contribution is -0.108. The molecular formula is C7H12Cl2O. The summed E-state index contributed by atoms with van der Waals surface area (Å²) >= 11 is 11.6. The van der Waals surface area contributed by atoms with Gasteiger partial charge in [0.15, 0.2) is 0 Å². The average Bonchev–Trinajstić information content (AvgIpc) is 1.84. The van der Waals surface area contributed by atoms with Gasteiger partial charge in [-0.1, -0.05) is 13.3 Å². The second kappa shape index (κ2) is 4.97. The number of aldehydes is 1. The first-order valence-corrected chi connectivity index (χ1v) is 4.19. The zero-order valence-corrected chi connectivity index (χ0v) is 7.58. The van der Waals surface area contributed by atoms with Gasteiger partial charge in [-0.15, -0.1) is 23.2 Å². The molecule has 0 aromatic rings. The van der Waals surface area contributed by atoms with Gasteiger partial charge in [-0.2, -0.15) is 0 Å². The van der Waals surface area contributed by atoms with E-state index in [0.717, 1.165) is 19.1 Å². The molecule has 0 aliphatic heterocycles. The minimum absolute atomic E-state index is 0.451. The molecule has 3 heteroatoms. The van der Waals surface area contributed by atoms with Gasteiger partial charge in [0, 0.05) is 6.42 Å². The fraction of sp³-hybridized carbons (Fsp3) is 0.857. The summed E-state index contributed by atoms with van der Waals surface area (Å²) in [6, 6.07) is 0. The fourth-order valence-electron chi connectivity index (χ4n) is 0.761. The molecule has 0 aromatic carbocycles. The minimum Gasteiger partial charge on any atom is -0.303 e. The molecule has 0 bridgehead atoms. The van der Waals surface area contributed by atoms with Gasteiger partial charge in [0.2, 0.25) is 0 Å². The van der Waals surface area contributed by atoms with E-state index in [1.54, 1.807) is 0 Å². The van der Waals surface area contributed by atoms with E-state index in [1.807, 2.05) is 6.92 Å². The van der Waals surface area contributed by atoms with Gasteiger partial charge in [-0.05, 0) is 12.8 Å². The smallest absolute Gasteiger partial charge is 0.120 e. The predicted octanol–water partition coefficient (Wildman–Crippen LogP) is 2.94. The molecule has 0 spiro atoms. The third-order valence-corrected chi connectivity index (χ3v) is 2.00. The van der Waals surface area contributed by atoms with Crippen LogP contribution in [0.1, 0.15) is 32.6 Å². The lowest BCUT2D eigenvalue weighted by Crippen LogP contribution is -2.11. The summed E-state index contributed by atoms with van der Waals surface area (Å²) < 4.78 is -0.685. The van der Waals surface area contributed by atoms with Crippen LogP contribution in [-0.2, 0) is 4.79 Å². The Labute approximate surface area is 71.7 Å². The average molecular weight is 183 g/mol. The van der Waals surface area contributed by atoms with Crippen LogP contribution in [0.25, 0.3) is 0 Å². The van der Waals surface area contributed by atoms with E-state index in [4.69, 9.17) is 23.2 Å². The standard InChI is InChI=1S/C7H12Cl2O/c1-2-4-7(8,9)5-3-6-10/h6H,2-5H2,1H3. The van der Waals surface area contributed by atoms with Crippen LogP contribution < -0.4 is 0 Å². The van der Waals surface area contributed by atoms with Crippen molar-refractivity contribution in [3.05, 3.63) is 0 Å². The molecule has 0 atom stereocenters. The van der Waals surface area contributed by atoms with Crippen LogP contribution in [0.2, 0.25) is 0 Å². The summed E-state index contributed by atoms with van der Waals surface area (Å²) in [5.41, 5.74) is 0. The number of hydrogen-bond acceptors (Lipinski definition) is 1. The van der Waals surface area contributed by atoms with Crippen molar-refractivity contribution in [1.29, 1.82) is 0 Å². The zero-order valence-electron chi connectivity index (χ0n) is 6.07. The van der Waals surface area contributed by atoms with E-state index >= 15 is 0 Å². The quantitative estimate of drug-likeness (QED) is 0.473. The summed E-state index contributed by atoms with van der Waals surface area (Å²) in [6.45, 7) is 2.01. The Morgan fingerprint density at radius 2 is 2.00 bits per heavy atom. The third-order valence-electron chi connectivity index (χ3n) is 1.24. The van der Waals surface area contributed by atoms with Crippen LogP contribution in [0.4, 0.5) is 0 Å². The van der Waals surface area contributed by atoms with Gasteiger partial charge in [-0.25, -0.2) is 0 Å². The van der Waals surface area contributed by atoms with Crippen LogP contribution in [0.15, 0.2) is 0 Å². The predicted molar refractivity (Wildman–Crippen MR) is 44.6 cm³/mol. The summed E-state index contributed by atoms with van der Waals surface area (Å²) in [7, 11) is 0. The molecular weight excluding hydrogens is 171 g/mol. The Balaban J connectivity index is 3.51. The lowest BCUT2D eigenvalue weighted by Gasteiger charge is -2.16. The van der Waals surface area contributed by atoms with Gasteiger partial charge >= 0.3 is 0 Å². The molecule has 0 aliphatic carbocycles. The van der Waals surface area contributed by atoms with Crippen molar-refractivity contribution in [1.82, 2.24) is 0 Å². The second-order valence-corrected chi connectivity index (χ2v) is 3.95. The number of carbonyl (C=O) groups excluding carboxylic acids is 1. The van der Waals surface area contributed by atoms with Crippen molar-refractivity contribution in [2.75, 3.05) is 0 Å². The monoisotopic (exact) mass is 182 g/mol. The first-order chi connectivity index (χ1) is 4.62. The number of halogens is 2. The molecule has 0 saturated carbocycles. The summed E-state index contributed by atoms with van der Waals surface area (Å²) in [4.78, 5) is 9.94. The largest absolute Gasteiger partial charge is 0.303 e. The SMILES string of the molecule is CCCC(Cl)(Cl)CCC=O. The van der Waals surface area contributed by atoms with E-state index in [2.05, 4.69) is 0 Å². The van der Waals surface area contributed by atoms with Crippen molar-refractivity contribution < 1.29 is 4.79 Å². The Hall–Kier alpha value is 0.250. The van der Waals surface area contributed by atoms with E-state index in [-0.39, 0.29) is 0 Å². The molecule has 60 valence electrons. The molecule has 0 heterocycles. The van der Waals surface area contributed by atoms with Gasteiger partial charge < -0.3 is 4.79 Å². The van der Waals surface area contributed by atoms with Crippen LogP contribution in [-0.4, -0.2) is 10.6 Å². The Bertz CT molecular complexity index is 102. The summed E-state index contributed by atoms with van der Waals surface area (Å²) in [5, 5.41) is 0. The topological polar surface area (TPSA) is 17.1 Å². The molecule has 0 amide bonds. The number of carbonyl (C=O) groups is 1. The zero-order chi connectivity index (χ0) is 8.04. The highest BCUT2D eigenvalue weighted by Gasteiger charge is 2.21. The van der Waals surface area contributed by atoms with Gasteiger partial charge in [0.05, 0.1) is 0 Å². The molecule has 0 radical (unpaired) electrons. The van der Waals surface area contributed by atoms with E-state index in [0.29, 0.717) is 12.8 Å². The van der Waals surface area contributed by atoms with Crippen molar-refractivity contribution in [3.63, 3.8) is 0 Å². The first-order valence-electron chi connectivity index (χ1n) is 3.44. The van der Waals surface area contributed by atoms with Crippen LogP contribution in [0, 0.1) is 0 Å². The highest BCUT2D eigenvalue weighted by Crippen LogP contribution is 2.31. The van der Waals surface area contributed by atoms with E-state index in [1.165, 1.54) is 0 Å². The van der Waals surface area contributed by atoms with Gasteiger partial charge in [-0.3, -0.25) is 0 Å². The molecule has 0 fully saturated rings. The van der Waals surface area contributed by atoms with Crippen molar-refractivity contribution in [2.24, 2.45) is 0 Å².